The lowest BCUT2D eigenvalue weighted by atomic mass is 9.93. The number of rotatable bonds is 8. The van der Waals surface area contributed by atoms with Crippen molar-refractivity contribution in [3.05, 3.63) is 40.5 Å². The van der Waals surface area contributed by atoms with Gasteiger partial charge in [0.2, 0.25) is 0 Å². The van der Waals surface area contributed by atoms with Crippen molar-refractivity contribution in [2.24, 2.45) is 0 Å². The van der Waals surface area contributed by atoms with Crippen LogP contribution in [0.3, 0.4) is 0 Å². The Balaban J connectivity index is 2.50. The summed E-state index contributed by atoms with van der Waals surface area (Å²) in [6.07, 6.45) is 3.20. The number of amides is 2. The number of carbonyl (C=O) groups excluding carboxylic acids is 2. The molecule has 28 heavy (non-hydrogen) atoms. The van der Waals surface area contributed by atoms with E-state index in [1.807, 2.05) is 32.9 Å². The van der Waals surface area contributed by atoms with Gasteiger partial charge in [0, 0.05) is 12.1 Å². The molecule has 6 heteroatoms. The summed E-state index contributed by atoms with van der Waals surface area (Å²) in [5.41, 5.74) is 1.48. The Bertz CT molecular complexity index is 862. The fraction of sp³-hybridized carbons (Fsp3) is 0.409. The standard InChI is InChI=1S/C22H26N2O4/c1-5-10-24-21(25)17(15(4)18(14-23)22(24)26)12-16-8-9-19(28-11-6-2)20(13-16)27-7-3/h8-9,12-13H,5-7,10-11H2,1-4H3/b17-12+. The van der Waals surface area contributed by atoms with Crippen molar-refractivity contribution in [3.8, 4) is 17.6 Å². The minimum Gasteiger partial charge on any atom is -0.490 e. The van der Waals surface area contributed by atoms with E-state index in [9.17, 15) is 14.9 Å². The van der Waals surface area contributed by atoms with E-state index >= 15 is 0 Å². The van der Waals surface area contributed by atoms with Crippen molar-refractivity contribution >= 4 is 17.9 Å². The van der Waals surface area contributed by atoms with Gasteiger partial charge in [-0.3, -0.25) is 14.5 Å². The summed E-state index contributed by atoms with van der Waals surface area (Å²) >= 11 is 0. The highest BCUT2D eigenvalue weighted by atomic mass is 16.5. The van der Waals surface area contributed by atoms with Crippen molar-refractivity contribution in [2.75, 3.05) is 19.8 Å². The van der Waals surface area contributed by atoms with Gasteiger partial charge in [0.15, 0.2) is 11.5 Å². The van der Waals surface area contributed by atoms with Gasteiger partial charge in [0.05, 0.1) is 13.2 Å². The SMILES string of the molecule is CCCOc1ccc(/C=C2/C(=O)N(CCC)C(=O)C(C#N)=C2C)cc1OCC. The second-order valence-corrected chi connectivity index (χ2v) is 6.42. The lowest BCUT2D eigenvalue weighted by molar-refractivity contribution is -0.140. The highest BCUT2D eigenvalue weighted by molar-refractivity contribution is 6.19. The molecule has 2 rings (SSSR count). The molecule has 0 aromatic heterocycles. The fourth-order valence-corrected chi connectivity index (χ4v) is 2.94. The van der Waals surface area contributed by atoms with Gasteiger partial charge >= 0.3 is 0 Å². The number of ether oxygens (including phenoxy) is 2. The Hall–Kier alpha value is -3.07. The van der Waals surface area contributed by atoms with E-state index in [1.165, 1.54) is 0 Å². The summed E-state index contributed by atoms with van der Waals surface area (Å²) < 4.78 is 11.4. The predicted octanol–water partition coefficient (Wildman–Crippen LogP) is 3.88. The summed E-state index contributed by atoms with van der Waals surface area (Å²) in [5, 5.41) is 9.39. The van der Waals surface area contributed by atoms with Crippen LogP contribution < -0.4 is 9.47 Å². The first-order valence-corrected chi connectivity index (χ1v) is 9.57. The zero-order valence-corrected chi connectivity index (χ0v) is 16.9. The van der Waals surface area contributed by atoms with Gasteiger partial charge in [-0.2, -0.15) is 5.26 Å². The van der Waals surface area contributed by atoms with Crippen molar-refractivity contribution < 1.29 is 19.1 Å². The van der Waals surface area contributed by atoms with Gasteiger partial charge in [-0.15, -0.1) is 0 Å². The minimum atomic E-state index is -0.526. The molecule has 2 amide bonds. The maximum absolute atomic E-state index is 12.9. The van der Waals surface area contributed by atoms with E-state index in [-0.39, 0.29) is 18.0 Å². The Morgan fingerprint density at radius 3 is 2.43 bits per heavy atom. The normalized spacial score (nSPS) is 15.8. The molecule has 0 saturated heterocycles. The number of hydrogen-bond donors (Lipinski definition) is 0. The number of hydrogen-bond acceptors (Lipinski definition) is 5. The average molecular weight is 382 g/mol. The Labute approximate surface area is 166 Å². The Morgan fingerprint density at radius 1 is 1.07 bits per heavy atom. The van der Waals surface area contributed by atoms with Gasteiger partial charge in [-0.25, -0.2) is 0 Å². The molecule has 148 valence electrons. The maximum Gasteiger partial charge on any atom is 0.271 e. The van der Waals surface area contributed by atoms with Crippen LogP contribution in [0.5, 0.6) is 11.5 Å². The lowest BCUT2D eigenvalue weighted by Gasteiger charge is -2.27. The van der Waals surface area contributed by atoms with E-state index < -0.39 is 5.91 Å². The van der Waals surface area contributed by atoms with Crippen LogP contribution in [0.15, 0.2) is 34.9 Å². The number of imide groups is 1. The summed E-state index contributed by atoms with van der Waals surface area (Å²) in [6, 6.07) is 7.38. The lowest BCUT2D eigenvalue weighted by Crippen LogP contribution is -2.43. The van der Waals surface area contributed by atoms with Crippen LogP contribution in [0, 0.1) is 11.3 Å². The molecule has 6 nitrogen and oxygen atoms in total. The molecule has 0 radical (unpaired) electrons. The molecule has 0 aliphatic carbocycles. The van der Waals surface area contributed by atoms with Crippen molar-refractivity contribution in [2.45, 2.75) is 40.5 Å². The Kier molecular flexibility index (Phi) is 7.39. The van der Waals surface area contributed by atoms with E-state index in [1.54, 1.807) is 25.1 Å². The van der Waals surface area contributed by atoms with Crippen LogP contribution in [-0.4, -0.2) is 36.5 Å². The largest absolute Gasteiger partial charge is 0.490 e. The van der Waals surface area contributed by atoms with Crippen molar-refractivity contribution in [3.63, 3.8) is 0 Å². The van der Waals surface area contributed by atoms with Gasteiger partial charge in [-0.1, -0.05) is 19.9 Å². The Morgan fingerprint density at radius 2 is 1.82 bits per heavy atom. The molecule has 0 unspecified atom stereocenters. The maximum atomic E-state index is 12.9. The number of nitriles is 1. The first-order valence-electron chi connectivity index (χ1n) is 9.57. The van der Waals surface area contributed by atoms with Crippen LogP contribution in [0.2, 0.25) is 0 Å². The summed E-state index contributed by atoms with van der Waals surface area (Å²) in [4.78, 5) is 26.4. The van der Waals surface area contributed by atoms with E-state index in [2.05, 4.69) is 0 Å². The third kappa shape index (κ3) is 4.42. The third-order valence-corrected chi connectivity index (χ3v) is 4.31. The molecule has 1 heterocycles. The van der Waals surface area contributed by atoms with Gasteiger partial charge in [-0.05, 0) is 56.0 Å². The first kappa shape index (κ1) is 21.2. The number of nitrogens with zero attached hydrogens (tertiary/aromatic N) is 2. The topological polar surface area (TPSA) is 79.6 Å². The second kappa shape index (κ2) is 9.75. The van der Waals surface area contributed by atoms with Gasteiger partial charge < -0.3 is 9.47 Å². The summed E-state index contributed by atoms with van der Waals surface area (Å²) in [5.74, 6) is 0.334. The van der Waals surface area contributed by atoms with Gasteiger partial charge in [0.1, 0.15) is 11.6 Å². The molecule has 1 aliphatic heterocycles. The first-order chi connectivity index (χ1) is 13.5. The van der Waals surface area contributed by atoms with Crippen LogP contribution in [-0.2, 0) is 9.59 Å². The van der Waals surface area contributed by atoms with Gasteiger partial charge in [0.25, 0.3) is 11.8 Å². The quantitative estimate of drug-likeness (QED) is 0.504. The second-order valence-electron chi connectivity index (χ2n) is 6.42. The molecule has 0 N–H and O–H groups in total. The van der Waals surface area contributed by atoms with Crippen LogP contribution in [0.4, 0.5) is 0 Å². The summed E-state index contributed by atoms with van der Waals surface area (Å²) in [7, 11) is 0. The van der Waals surface area contributed by atoms with Crippen LogP contribution in [0.1, 0.15) is 46.1 Å². The average Bonchev–Trinajstić information content (AvgIpc) is 2.68. The molecule has 0 saturated carbocycles. The third-order valence-electron chi connectivity index (χ3n) is 4.31. The molecule has 0 fully saturated rings. The highest BCUT2D eigenvalue weighted by Crippen LogP contribution is 2.32. The molecule has 1 aromatic rings. The predicted molar refractivity (Wildman–Crippen MR) is 107 cm³/mol. The van der Waals surface area contributed by atoms with Crippen LogP contribution in [0.25, 0.3) is 6.08 Å². The molecule has 1 aromatic carbocycles. The molecule has 0 spiro atoms. The fourth-order valence-electron chi connectivity index (χ4n) is 2.94. The number of benzene rings is 1. The highest BCUT2D eigenvalue weighted by Gasteiger charge is 2.34. The summed E-state index contributed by atoms with van der Waals surface area (Å²) in [6.45, 7) is 8.77. The van der Waals surface area contributed by atoms with Crippen LogP contribution >= 0.6 is 0 Å². The monoisotopic (exact) mass is 382 g/mol. The van der Waals surface area contributed by atoms with E-state index in [0.717, 1.165) is 16.9 Å². The molecule has 0 atom stereocenters. The molecular formula is C22H26N2O4. The molecule has 1 aliphatic rings. The van der Waals surface area contributed by atoms with Crippen molar-refractivity contribution in [1.29, 1.82) is 5.26 Å². The van der Waals surface area contributed by atoms with Crippen molar-refractivity contribution in [1.82, 2.24) is 4.90 Å². The minimum absolute atomic E-state index is 0.00670. The smallest absolute Gasteiger partial charge is 0.271 e. The zero-order valence-electron chi connectivity index (χ0n) is 16.9. The van der Waals surface area contributed by atoms with E-state index in [4.69, 9.17) is 9.47 Å². The molecule has 0 bridgehead atoms. The molecular weight excluding hydrogens is 356 g/mol. The zero-order chi connectivity index (χ0) is 20.7. The van der Waals surface area contributed by atoms with E-state index in [0.29, 0.717) is 42.3 Å². The number of carbonyl (C=O) groups is 2.